The van der Waals surface area contributed by atoms with Crippen LogP contribution in [0.4, 0.5) is 22.7 Å². The summed E-state index contributed by atoms with van der Waals surface area (Å²) in [6, 6.07) is 16.3. The summed E-state index contributed by atoms with van der Waals surface area (Å²) in [7, 11) is -2.35. The van der Waals surface area contributed by atoms with Crippen molar-refractivity contribution in [3.05, 3.63) is 70.2 Å². The summed E-state index contributed by atoms with van der Waals surface area (Å²) in [5.41, 5.74) is 2.95. The molecule has 0 bridgehead atoms. The second-order valence-corrected chi connectivity index (χ2v) is 11.8. The zero-order valence-electron chi connectivity index (χ0n) is 22.6. The van der Waals surface area contributed by atoms with E-state index >= 15 is 0 Å². The van der Waals surface area contributed by atoms with Crippen LogP contribution in [0.15, 0.2) is 74.2 Å². The molecule has 12 heteroatoms. The maximum Gasteiger partial charge on any atom is 0.269 e. The van der Waals surface area contributed by atoms with E-state index in [-0.39, 0.29) is 28.6 Å². The molecule has 3 aromatic carbocycles. The molecule has 4 rings (SSSR count). The number of carbonyl (C=O) groups is 2. The van der Waals surface area contributed by atoms with Gasteiger partial charge in [-0.25, -0.2) is 12.7 Å². The zero-order chi connectivity index (χ0) is 29.0. The number of sulfonamides is 1. The third-order valence-electron chi connectivity index (χ3n) is 6.29. The van der Waals surface area contributed by atoms with Gasteiger partial charge < -0.3 is 15.0 Å². The Balaban J connectivity index is 1.76. The van der Waals surface area contributed by atoms with E-state index in [1.807, 2.05) is 18.2 Å². The minimum absolute atomic E-state index is 0.0237. The second-order valence-electron chi connectivity index (χ2n) is 9.10. The van der Waals surface area contributed by atoms with Crippen molar-refractivity contribution in [2.75, 3.05) is 30.4 Å². The van der Waals surface area contributed by atoms with Gasteiger partial charge in [0.1, 0.15) is 22.0 Å². The first kappa shape index (κ1) is 29.2. The molecule has 210 valence electrons. The molecule has 1 aliphatic heterocycles. The lowest BCUT2D eigenvalue weighted by atomic mass is 10.1. The molecule has 40 heavy (non-hydrogen) atoms. The highest BCUT2D eigenvalue weighted by molar-refractivity contribution is 9.10. The molecule has 0 saturated carbocycles. The number of hydrogen-bond acceptors (Lipinski definition) is 8. The summed E-state index contributed by atoms with van der Waals surface area (Å²) >= 11 is 3.35. The second kappa shape index (κ2) is 12.2. The number of benzene rings is 3. The minimum atomic E-state index is -3.91. The molecule has 2 amide bonds. The summed E-state index contributed by atoms with van der Waals surface area (Å²) in [5, 5.41) is 11.5. The lowest BCUT2D eigenvalue weighted by Gasteiger charge is -2.27. The van der Waals surface area contributed by atoms with Crippen LogP contribution in [-0.2, 0) is 21.4 Å². The van der Waals surface area contributed by atoms with Crippen LogP contribution in [0.1, 0.15) is 43.1 Å². The van der Waals surface area contributed by atoms with E-state index in [0.29, 0.717) is 28.1 Å². The van der Waals surface area contributed by atoms with Gasteiger partial charge in [-0.05, 0) is 53.0 Å². The maximum atomic E-state index is 12.7. The topological polar surface area (TPSA) is 121 Å². The number of halogens is 1. The fraction of sp³-hybridized carbons (Fsp3) is 0.286. The standard InChI is InChI=1S/C28H30BrN5O5S/c1-5-12-33(17-19-10-8-7-9-11-19)25-15-23(30-18(3)35)24(16-26(25)39-4)32-31-22-13-20-27(14-21(22)29)40(37,38)34(6-2)28(20)36/h7-11,13-16H,5-6,12,17H2,1-4H3,(H,30,35)/b32-31+. The van der Waals surface area contributed by atoms with Crippen molar-refractivity contribution in [3.63, 3.8) is 0 Å². The van der Waals surface area contributed by atoms with Crippen LogP contribution in [0.2, 0.25) is 0 Å². The average Bonchev–Trinajstić information content (AvgIpc) is 3.10. The molecule has 0 fully saturated rings. The summed E-state index contributed by atoms with van der Waals surface area (Å²) in [6.45, 7) is 6.50. The average molecular weight is 629 g/mol. The Kier molecular flexibility index (Phi) is 8.89. The number of carbonyl (C=O) groups excluding carboxylic acids is 2. The molecule has 0 aromatic heterocycles. The van der Waals surface area contributed by atoms with E-state index in [1.54, 1.807) is 26.2 Å². The number of azo groups is 1. The van der Waals surface area contributed by atoms with Crippen LogP contribution in [-0.4, -0.2) is 44.7 Å². The fourth-order valence-corrected chi connectivity index (χ4v) is 6.64. The normalized spacial score (nSPS) is 13.9. The van der Waals surface area contributed by atoms with E-state index in [9.17, 15) is 18.0 Å². The number of ether oxygens (including phenoxy) is 1. The van der Waals surface area contributed by atoms with Crippen LogP contribution < -0.4 is 15.0 Å². The number of hydrogen-bond donors (Lipinski definition) is 1. The van der Waals surface area contributed by atoms with Crippen molar-refractivity contribution in [2.24, 2.45) is 10.2 Å². The summed E-state index contributed by atoms with van der Waals surface area (Å²) in [5.74, 6) is -0.354. The summed E-state index contributed by atoms with van der Waals surface area (Å²) < 4.78 is 32.3. The molecule has 0 radical (unpaired) electrons. The van der Waals surface area contributed by atoms with Crippen molar-refractivity contribution in [1.82, 2.24) is 4.31 Å². The van der Waals surface area contributed by atoms with Gasteiger partial charge in [0.05, 0.1) is 24.0 Å². The third-order valence-corrected chi connectivity index (χ3v) is 8.82. The van der Waals surface area contributed by atoms with Crippen LogP contribution in [0.3, 0.4) is 0 Å². The number of nitrogens with zero attached hydrogens (tertiary/aromatic N) is 4. The van der Waals surface area contributed by atoms with Crippen molar-refractivity contribution in [3.8, 4) is 5.75 Å². The van der Waals surface area contributed by atoms with E-state index < -0.39 is 15.9 Å². The summed E-state index contributed by atoms with van der Waals surface area (Å²) in [6.07, 6.45) is 0.892. The van der Waals surface area contributed by atoms with Crippen molar-refractivity contribution < 1.29 is 22.7 Å². The predicted molar refractivity (Wildman–Crippen MR) is 157 cm³/mol. The molecule has 1 N–H and O–H groups in total. The van der Waals surface area contributed by atoms with Crippen LogP contribution in [0.5, 0.6) is 5.75 Å². The molecule has 1 heterocycles. The van der Waals surface area contributed by atoms with Gasteiger partial charge in [0.25, 0.3) is 15.9 Å². The Morgan fingerprint density at radius 2 is 1.77 bits per heavy atom. The predicted octanol–water partition coefficient (Wildman–Crippen LogP) is 6.41. The largest absolute Gasteiger partial charge is 0.494 e. The van der Waals surface area contributed by atoms with Gasteiger partial charge in [0, 0.05) is 37.1 Å². The van der Waals surface area contributed by atoms with Crippen molar-refractivity contribution in [1.29, 1.82) is 0 Å². The quantitative estimate of drug-likeness (QED) is 0.259. The smallest absolute Gasteiger partial charge is 0.269 e. The van der Waals surface area contributed by atoms with E-state index in [0.717, 1.165) is 28.5 Å². The first-order valence-corrected chi connectivity index (χ1v) is 14.9. The lowest BCUT2D eigenvalue weighted by Crippen LogP contribution is -2.29. The van der Waals surface area contributed by atoms with Gasteiger partial charge in [-0.15, -0.1) is 10.2 Å². The number of fused-ring (bicyclic) bond motifs is 1. The van der Waals surface area contributed by atoms with Gasteiger partial charge in [0.15, 0.2) is 0 Å². The van der Waals surface area contributed by atoms with Gasteiger partial charge in [-0.2, -0.15) is 0 Å². The van der Waals surface area contributed by atoms with Crippen LogP contribution in [0.25, 0.3) is 0 Å². The van der Waals surface area contributed by atoms with Gasteiger partial charge in [-0.1, -0.05) is 37.3 Å². The van der Waals surface area contributed by atoms with E-state index in [1.165, 1.54) is 19.1 Å². The molecule has 10 nitrogen and oxygen atoms in total. The highest BCUT2D eigenvalue weighted by atomic mass is 79.9. The Morgan fingerprint density at radius 1 is 1.07 bits per heavy atom. The van der Waals surface area contributed by atoms with Crippen LogP contribution in [0, 0.1) is 0 Å². The first-order chi connectivity index (χ1) is 19.1. The SMILES string of the molecule is CCCN(Cc1ccccc1)c1cc(NC(C)=O)c(/N=N/c2cc3c(cc2Br)S(=O)(=O)N(CC)C3=O)cc1OC. The van der Waals surface area contributed by atoms with Gasteiger partial charge in [0.2, 0.25) is 5.91 Å². The number of methoxy groups -OCH3 is 1. The number of nitrogens with one attached hydrogen (secondary N) is 1. The highest BCUT2D eigenvalue weighted by Gasteiger charge is 2.40. The molecule has 1 aliphatic rings. The van der Waals surface area contributed by atoms with Crippen molar-refractivity contribution in [2.45, 2.75) is 38.6 Å². The Labute approximate surface area is 242 Å². The van der Waals surface area contributed by atoms with E-state index in [4.69, 9.17) is 4.74 Å². The number of anilines is 2. The first-order valence-electron chi connectivity index (χ1n) is 12.7. The molecule has 0 spiro atoms. The maximum absolute atomic E-state index is 12.7. The number of amides is 2. The van der Waals surface area contributed by atoms with Gasteiger partial charge >= 0.3 is 0 Å². The molecule has 0 aliphatic carbocycles. The number of rotatable bonds is 10. The lowest BCUT2D eigenvalue weighted by molar-refractivity contribution is -0.114. The highest BCUT2D eigenvalue weighted by Crippen LogP contribution is 2.42. The Morgan fingerprint density at radius 3 is 2.40 bits per heavy atom. The molecule has 0 atom stereocenters. The Bertz CT molecular complexity index is 1580. The molecule has 0 unspecified atom stereocenters. The van der Waals surface area contributed by atoms with Gasteiger partial charge in [-0.3, -0.25) is 9.59 Å². The molecular weight excluding hydrogens is 598 g/mol. The zero-order valence-corrected chi connectivity index (χ0v) is 25.0. The third kappa shape index (κ3) is 5.87. The summed E-state index contributed by atoms with van der Waals surface area (Å²) in [4.78, 5) is 26.9. The van der Waals surface area contributed by atoms with Crippen molar-refractivity contribution >= 4 is 60.5 Å². The molecule has 3 aromatic rings. The minimum Gasteiger partial charge on any atom is -0.494 e. The molecular formula is C28H30BrN5O5S. The van der Waals surface area contributed by atoms with Crippen LogP contribution >= 0.6 is 15.9 Å². The Hall–Kier alpha value is -3.77. The fourth-order valence-electron chi connectivity index (χ4n) is 4.48. The molecule has 0 saturated heterocycles. The monoisotopic (exact) mass is 627 g/mol. The van der Waals surface area contributed by atoms with E-state index in [2.05, 4.69) is 55.4 Å².